The minimum atomic E-state index is -0.415. The van der Waals surface area contributed by atoms with Gasteiger partial charge in [0.2, 0.25) is 0 Å². The Bertz CT molecular complexity index is 743. The Balaban J connectivity index is 2.05. The molecule has 2 heterocycles. The van der Waals surface area contributed by atoms with E-state index < -0.39 is 5.69 Å². The van der Waals surface area contributed by atoms with Crippen LogP contribution in [-0.4, -0.2) is 21.3 Å². The Labute approximate surface area is 118 Å². The molecule has 0 unspecified atom stereocenters. The van der Waals surface area contributed by atoms with E-state index in [1.807, 2.05) is 29.0 Å². The second kappa shape index (κ2) is 5.22. The molecule has 0 bridgehead atoms. The van der Waals surface area contributed by atoms with Crippen LogP contribution in [0.5, 0.6) is 0 Å². The second-order valence-electron chi connectivity index (χ2n) is 4.85. The molecular formula is C14H14N2O3S. The van der Waals surface area contributed by atoms with E-state index in [1.165, 1.54) is 15.9 Å². The third-order valence-electron chi connectivity index (χ3n) is 3.54. The predicted molar refractivity (Wildman–Crippen MR) is 78.0 cm³/mol. The summed E-state index contributed by atoms with van der Waals surface area (Å²) < 4.78 is 1.53. The van der Waals surface area contributed by atoms with Gasteiger partial charge in [0.25, 0.3) is 5.56 Å². The second-order valence-corrected chi connectivity index (χ2v) is 5.63. The summed E-state index contributed by atoms with van der Waals surface area (Å²) in [5.41, 5.74) is 0.518. The first kappa shape index (κ1) is 13.1. The summed E-state index contributed by atoms with van der Waals surface area (Å²) in [7, 11) is 0. The van der Waals surface area contributed by atoms with Gasteiger partial charge in [-0.05, 0) is 28.8 Å². The quantitative estimate of drug-likeness (QED) is 0.838. The highest BCUT2D eigenvalue weighted by Gasteiger charge is 2.21. The molecule has 2 aromatic heterocycles. The number of aromatic nitrogens is 2. The number of aliphatic hydroxyl groups excluding tert-OH is 1. The number of H-pyrrole nitrogens is 1. The average Bonchev–Trinajstić information content (AvgIpc) is 3.09. The van der Waals surface area contributed by atoms with Gasteiger partial charge in [-0.15, -0.1) is 0 Å². The Morgan fingerprint density at radius 1 is 1.40 bits per heavy atom. The van der Waals surface area contributed by atoms with E-state index in [9.17, 15) is 9.59 Å². The lowest BCUT2D eigenvalue weighted by molar-refractivity contribution is 0.243. The van der Waals surface area contributed by atoms with Gasteiger partial charge in [-0.2, -0.15) is 11.3 Å². The van der Waals surface area contributed by atoms with Crippen LogP contribution in [0.4, 0.5) is 0 Å². The Morgan fingerprint density at radius 2 is 2.25 bits per heavy atom. The van der Waals surface area contributed by atoms with Crippen LogP contribution in [0, 0.1) is 5.92 Å². The van der Waals surface area contributed by atoms with Crippen molar-refractivity contribution >= 4 is 11.3 Å². The van der Waals surface area contributed by atoms with Crippen molar-refractivity contribution in [1.82, 2.24) is 9.55 Å². The topological polar surface area (TPSA) is 75.1 Å². The first-order valence-corrected chi connectivity index (χ1v) is 7.30. The molecule has 0 fully saturated rings. The lowest BCUT2D eigenvalue weighted by atomic mass is 10.1. The van der Waals surface area contributed by atoms with Crippen LogP contribution in [0.3, 0.4) is 0 Å². The number of hydrogen-bond acceptors (Lipinski definition) is 4. The van der Waals surface area contributed by atoms with Gasteiger partial charge in [0.05, 0.1) is 11.6 Å². The molecule has 0 aromatic carbocycles. The zero-order valence-electron chi connectivity index (χ0n) is 10.7. The SMILES string of the molecule is O=c1[nH]c(=O)n([C@H]2C=C[C@@H](CO)C2)cc1-c1ccsc1. The number of aliphatic hydroxyl groups is 1. The first-order valence-electron chi connectivity index (χ1n) is 6.36. The maximum atomic E-state index is 12.0. The summed E-state index contributed by atoms with van der Waals surface area (Å²) in [6, 6.07) is 1.74. The van der Waals surface area contributed by atoms with Gasteiger partial charge in [0.1, 0.15) is 0 Å². The van der Waals surface area contributed by atoms with Gasteiger partial charge in [0, 0.05) is 18.7 Å². The number of aromatic amines is 1. The van der Waals surface area contributed by atoms with Gasteiger partial charge in [0.15, 0.2) is 0 Å². The predicted octanol–water partition coefficient (Wildman–Crippen LogP) is 1.37. The molecule has 104 valence electrons. The molecule has 0 radical (unpaired) electrons. The molecule has 0 saturated heterocycles. The van der Waals surface area contributed by atoms with E-state index in [4.69, 9.17) is 5.11 Å². The molecule has 2 N–H and O–H groups in total. The van der Waals surface area contributed by atoms with Crippen LogP contribution < -0.4 is 11.2 Å². The molecule has 1 aliphatic rings. The molecule has 6 heteroatoms. The summed E-state index contributed by atoms with van der Waals surface area (Å²) in [4.78, 5) is 26.2. The largest absolute Gasteiger partial charge is 0.396 e. The van der Waals surface area contributed by atoms with Crippen molar-refractivity contribution in [2.45, 2.75) is 12.5 Å². The third kappa shape index (κ3) is 2.28. The number of thiophene rings is 1. The zero-order valence-corrected chi connectivity index (χ0v) is 11.5. The summed E-state index contributed by atoms with van der Waals surface area (Å²) in [6.45, 7) is 0.0719. The van der Waals surface area contributed by atoms with Crippen LogP contribution in [0.1, 0.15) is 12.5 Å². The third-order valence-corrected chi connectivity index (χ3v) is 4.22. The van der Waals surface area contributed by atoms with Gasteiger partial charge in [-0.3, -0.25) is 14.3 Å². The molecule has 1 aliphatic carbocycles. The fourth-order valence-corrected chi connectivity index (χ4v) is 3.11. The van der Waals surface area contributed by atoms with Crippen molar-refractivity contribution in [1.29, 1.82) is 0 Å². The summed E-state index contributed by atoms with van der Waals surface area (Å²) in [5.74, 6) is 0.0726. The van der Waals surface area contributed by atoms with Crippen LogP contribution in [0.15, 0.2) is 44.8 Å². The van der Waals surface area contributed by atoms with Crippen molar-refractivity contribution in [2.24, 2.45) is 5.92 Å². The maximum absolute atomic E-state index is 12.0. The highest BCUT2D eigenvalue weighted by Crippen LogP contribution is 2.27. The van der Waals surface area contributed by atoms with Crippen LogP contribution in [0.25, 0.3) is 11.1 Å². The molecule has 0 amide bonds. The highest BCUT2D eigenvalue weighted by atomic mass is 32.1. The molecule has 2 aromatic rings. The minimum absolute atomic E-state index is 0.0719. The molecule has 2 atom stereocenters. The summed E-state index contributed by atoms with van der Waals surface area (Å²) >= 11 is 1.50. The Kier molecular flexibility index (Phi) is 3.42. The number of hydrogen-bond donors (Lipinski definition) is 2. The number of nitrogens with zero attached hydrogens (tertiary/aromatic N) is 1. The fraction of sp³-hybridized carbons (Fsp3) is 0.286. The summed E-state index contributed by atoms with van der Waals surface area (Å²) in [6.07, 6.45) is 6.09. The molecule has 0 spiro atoms. The lowest BCUT2D eigenvalue weighted by Crippen LogP contribution is -2.32. The highest BCUT2D eigenvalue weighted by molar-refractivity contribution is 7.08. The van der Waals surface area contributed by atoms with E-state index in [0.29, 0.717) is 12.0 Å². The van der Waals surface area contributed by atoms with E-state index in [2.05, 4.69) is 4.98 Å². The van der Waals surface area contributed by atoms with E-state index in [1.54, 1.807) is 6.20 Å². The van der Waals surface area contributed by atoms with Crippen molar-refractivity contribution in [2.75, 3.05) is 6.61 Å². The smallest absolute Gasteiger partial charge is 0.328 e. The number of allylic oxidation sites excluding steroid dienone is 1. The van der Waals surface area contributed by atoms with Gasteiger partial charge in [-0.1, -0.05) is 12.2 Å². The number of rotatable bonds is 3. The number of nitrogens with one attached hydrogen (secondary N) is 1. The van der Waals surface area contributed by atoms with Gasteiger partial charge < -0.3 is 5.11 Å². The Morgan fingerprint density at radius 3 is 2.90 bits per heavy atom. The molecule has 20 heavy (non-hydrogen) atoms. The van der Waals surface area contributed by atoms with E-state index in [0.717, 1.165) is 5.56 Å². The molecule has 3 rings (SSSR count). The van der Waals surface area contributed by atoms with E-state index >= 15 is 0 Å². The molecule has 5 nitrogen and oxygen atoms in total. The zero-order chi connectivity index (χ0) is 14.1. The van der Waals surface area contributed by atoms with E-state index in [-0.39, 0.29) is 24.1 Å². The van der Waals surface area contributed by atoms with Gasteiger partial charge >= 0.3 is 5.69 Å². The van der Waals surface area contributed by atoms with Crippen molar-refractivity contribution in [3.8, 4) is 11.1 Å². The minimum Gasteiger partial charge on any atom is -0.396 e. The maximum Gasteiger partial charge on any atom is 0.328 e. The standard InChI is InChI=1S/C14H14N2O3S/c17-7-9-1-2-11(5-9)16-6-12(10-3-4-20-8-10)13(18)15-14(16)19/h1-4,6,8-9,11,17H,5,7H2,(H,15,18,19)/t9-,11+/m1/s1. The molecule has 0 aliphatic heterocycles. The lowest BCUT2D eigenvalue weighted by Gasteiger charge is -2.14. The first-order chi connectivity index (χ1) is 9.69. The van der Waals surface area contributed by atoms with Crippen LogP contribution >= 0.6 is 11.3 Å². The fourth-order valence-electron chi connectivity index (χ4n) is 2.45. The molecule has 0 saturated carbocycles. The van der Waals surface area contributed by atoms with Crippen molar-refractivity contribution < 1.29 is 5.11 Å². The Hall–Kier alpha value is -1.92. The van der Waals surface area contributed by atoms with Gasteiger partial charge in [-0.25, -0.2) is 4.79 Å². The van der Waals surface area contributed by atoms with Crippen LogP contribution in [-0.2, 0) is 0 Å². The van der Waals surface area contributed by atoms with Crippen LogP contribution in [0.2, 0.25) is 0 Å². The average molecular weight is 290 g/mol. The molecular weight excluding hydrogens is 276 g/mol. The summed E-state index contributed by atoms with van der Waals surface area (Å²) in [5, 5.41) is 12.9. The monoisotopic (exact) mass is 290 g/mol. The van der Waals surface area contributed by atoms with Crippen molar-refractivity contribution in [3.05, 3.63) is 56.0 Å². The van der Waals surface area contributed by atoms with Crippen molar-refractivity contribution in [3.63, 3.8) is 0 Å². The normalized spacial score (nSPS) is 21.4.